The second-order valence-electron chi connectivity index (χ2n) is 6.29. The first kappa shape index (κ1) is 16.7. The Morgan fingerprint density at radius 2 is 2.04 bits per heavy atom. The smallest absolute Gasteiger partial charge is 0.231 e. The van der Waals surface area contributed by atoms with E-state index in [4.69, 9.17) is 21.1 Å². The van der Waals surface area contributed by atoms with Crippen LogP contribution in [0.25, 0.3) is 0 Å². The number of anilines is 1. The van der Waals surface area contributed by atoms with Gasteiger partial charge in [0.05, 0.1) is 5.92 Å². The fourth-order valence-electron chi connectivity index (χ4n) is 3.16. The first-order chi connectivity index (χ1) is 12.6. The molecule has 26 heavy (non-hydrogen) atoms. The fourth-order valence-corrected chi connectivity index (χ4v) is 3.35. The number of hydrogen-bond acceptors (Lipinski definition) is 4. The monoisotopic (exact) mass is 372 g/mol. The van der Waals surface area contributed by atoms with Gasteiger partial charge in [0.2, 0.25) is 18.6 Å². The van der Waals surface area contributed by atoms with E-state index in [1.807, 2.05) is 24.3 Å². The second kappa shape index (κ2) is 6.88. The van der Waals surface area contributed by atoms with Crippen molar-refractivity contribution in [2.75, 3.05) is 18.2 Å². The van der Waals surface area contributed by atoms with Crippen molar-refractivity contribution >= 4 is 29.1 Å². The lowest BCUT2D eigenvalue weighted by Gasteiger charge is -2.17. The molecule has 0 saturated carbocycles. The number of fused-ring (bicyclic) bond motifs is 1. The molecule has 2 aliphatic heterocycles. The van der Waals surface area contributed by atoms with Crippen molar-refractivity contribution in [3.8, 4) is 11.5 Å². The number of ether oxygens (including phenoxy) is 2. The van der Waals surface area contributed by atoms with Crippen LogP contribution in [-0.2, 0) is 16.1 Å². The number of amides is 2. The third-order valence-corrected chi connectivity index (χ3v) is 4.75. The molecule has 2 amide bonds. The Balaban J connectivity index is 1.37. The minimum atomic E-state index is -0.379. The summed E-state index contributed by atoms with van der Waals surface area (Å²) in [5.74, 6) is 0.796. The van der Waals surface area contributed by atoms with E-state index in [1.165, 1.54) is 0 Å². The molecule has 2 aromatic carbocycles. The van der Waals surface area contributed by atoms with Crippen LogP contribution in [0.1, 0.15) is 12.0 Å². The van der Waals surface area contributed by atoms with Crippen molar-refractivity contribution in [3.63, 3.8) is 0 Å². The van der Waals surface area contributed by atoms with E-state index in [9.17, 15) is 9.59 Å². The third kappa shape index (κ3) is 3.32. The van der Waals surface area contributed by atoms with Gasteiger partial charge in [0, 0.05) is 30.2 Å². The zero-order chi connectivity index (χ0) is 18.1. The normalized spacial score (nSPS) is 18.3. The molecule has 1 atom stereocenters. The molecule has 2 aliphatic rings. The number of hydrogen-bond donors (Lipinski definition) is 1. The lowest BCUT2D eigenvalue weighted by molar-refractivity contribution is -0.126. The van der Waals surface area contributed by atoms with Gasteiger partial charge in [-0.3, -0.25) is 9.59 Å². The van der Waals surface area contributed by atoms with Gasteiger partial charge in [0.25, 0.3) is 0 Å². The Morgan fingerprint density at radius 3 is 2.88 bits per heavy atom. The summed E-state index contributed by atoms with van der Waals surface area (Å²) in [6, 6.07) is 12.6. The van der Waals surface area contributed by atoms with Gasteiger partial charge in [-0.05, 0) is 35.9 Å². The Hall–Kier alpha value is -2.73. The maximum Gasteiger partial charge on any atom is 0.231 e. The predicted octanol–water partition coefficient (Wildman–Crippen LogP) is 2.74. The molecule has 7 heteroatoms. The maximum absolute atomic E-state index is 12.5. The number of benzene rings is 2. The zero-order valence-electron chi connectivity index (χ0n) is 13.9. The highest BCUT2D eigenvalue weighted by atomic mass is 35.5. The zero-order valence-corrected chi connectivity index (χ0v) is 14.7. The Bertz CT molecular complexity index is 870. The van der Waals surface area contributed by atoms with Crippen molar-refractivity contribution in [3.05, 3.63) is 53.1 Å². The van der Waals surface area contributed by atoms with Crippen LogP contribution in [-0.4, -0.2) is 25.2 Å². The summed E-state index contributed by atoms with van der Waals surface area (Å²) >= 11 is 5.99. The summed E-state index contributed by atoms with van der Waals surface area (Å²) in [4.78, 5) is 26.4. The van der Waals surface area contributed by atoms with Gasteiger partial charge in [-0.2, -0.15) is 0 Å². The predicted molar refractivity (Wildman–Crippen MR) is 96.3 cm³/mol. The van der Waals surface area contributed by atoms with E-state index in [0.717, 1.165) is 5.56 Å². The van der Waals surface area contributed by atoms with Crippen LogP contribution in [0.3, 0.4) is 0 Å². The van der Waals surface area contributed by atoms with Crippen LogP contribution in [0, 0.1) is 5.92 Å². The second-order valence-corrected chi connectivity index (χ2v) is 6.73. The minimum Gasteiger partial charge on any atom is -0.454 e. The van der Waals surface area contributed by atoms with Crippen LogP contribution in [0.5, 0.6) is 11.5 Å². The minimum absolute atomic E-state index is 0.0736. The SMILES string of the molecule is O=C(NCc1ccc2c(c1)OCO2)C1CC(=O)N(c2cccc(Cl)c2)C1. The van der Waals surface area contributed by atoms with Crippen molar-refractivity contribution in [1.29, 1.82) is 0 Å². The van der Waals surface area contributed by atoms with Crippen molar-refractivity contribution in [2.45, 2.75) is 13.0 Å². The largest absolute Gasteiger partial charge is 0.454 e. The summed E-state index contributed by atoms with van der Waals surface area (Å²) in [6.07, 6.45) is 0.194. The van der Waals surface area contributed by atoms with Crippen molar-refractivity contribution in [1.82, 2.24) is 5.32 Å². The first-order valence-electron chi connectivity index (χ1n) is 8.32. The van der Waals surface area contributed by atoms with Gasteiger partial charge in [0.15, 0.2) is 11.5 Å². The third-order valence-electron chi connectivity index (χ3n) is 4.52. The van der Waals surface area contributed by atoms with Gasteiger partial charge in [-0.25, -0.2) is 0 Å². The van der Waals surface area contributed by atoms with Gasteiger partial charge in [-0.15, -0.1) is 0 Å². The summed E-state index contributed by atoms with van der Waals surface area (Å²) in [5.41, 5.74) is 1.63. The van der Waals surface area contributed by atoms with Gasteiger partial charge in [-0.1, -0.05) is 23.7 Å². The topological polar surface area (TPSA) is 67.9 Å². The Morgan fingerprint density at radius 1 is 1.19 bits per heavy atom. The molecule has 1 saturated heterocycles. The molecule has 0 spiro atoms. The molecule has 1 fully saturated rings. The highest BCUT2D eigenvalue weighted by Gasteiger charge is 2.35. The van der Waals surface area contributed by atoms with Crippen molar-refractivity contribution in [2.24, 2.45) is 5.92 Å². The van der Waals surface area contributed by atoms with Crippen LogP contribution >= 0.6 is 11.6 Å². The number of halogens is 1. The molecule has 0 radical (unpaired) electrons. The van der Waals surface area contributed by atoms with Crippen molar-refractivity contribution < 1.29 is 19.1 Å². The number of nitrogens with zero attached hydrogens (tertiary/aromatic N) is 1. The molecule has 2 heterocycles. The quantitative estimate of drug-likeness (QED) is 0.896. The molecule has 0 aromatic heterocycles. The standard InChI is InChI=1S/C19H17ClN2O4/c20-14-2-1-3-15(8-14)22-10-13(7-18(22)23)19(24)21-9-12-4-5-16-17(6-12)26-11-25-16/h1-6,8,13H,7,9-11H2,(H,21,24). The van der Waals surface area contributed by atoms with E-state index in [0.29, 0.717) is 35.3 Å². The Kier molecular flexibility index (Phi) is 4.42. The number of carbonyl (C=O) groups excluding carboxylic acids is 2. The van der Waals surface area contributed by atoms with Crippen LogP contribution < -0.4 is 19.7 Å². The van der Waals surface area contributed by atoms with E-state index in [-0.39, 0.29) is 30.9 Å². The molecule has 134 valence electrons. The van der Waals surface area contributed by atoms with Gasteiger partial charge < -0.3 is 19.7 Å². The van der Waals surface area contributed by atoms with Crippen LogP contribution in [0.2, 0.25) is 5.02 Å². The van der Waals surface area contributed by atoms with E-state index in [1.54, 1.807) is 23.1 Å². The highest BCUT2D eigenvalue weighted by molar-refractivity contribution is 6.31. The summed E-state index contributed by atoms with van der Waals surface area (Å²) < 4.78 is 10.6. The molecule has 0 aliphatic carbocycles. The molecular formula is C19H17ClN2O4. The molecule has 1 unspecified atom stereocenters. The first-order valence-corrected chi connectivity index (χ1v) is 8.70. The van der Waals surface area contributed by atoms with Gasteiger partial charge >= 0.3 is 0 Å². The highest BCUT2D eigenvalue weighted by Crippen LogP contribution is 2.32. The summed E-state index contributed by atoms with van der Waals surface area (Å²) in [5, 5.41) is 3.46. The van der Waals surface area contributed by atoms with E-state index in [2.05, 4.69) is 5.32 Å². The summed E-state index contributed by atoms with van der Waals surface area (Å²) in [7, 11) is 0. The number of nitrogens with one attached hydrogen (secondary N) is 1. The maximum atomic E-state index is 12.5. The molecule has 0 bridgehead atoms. The molecule has 6 nitrogen and oxygen atoms in total. The molecule has 2 aromatic rings. The number of carbonyl (C=O) groups is 2. The summed E-state index contributed by atoms with van der Waals surface area (Å²) in [6.45, 7) is 0.943. The van der Waals surface area contributed by atoms with Gasteiger partial charge in [0.1, 0.15) is 0 Å². The fraction of sp³-hybridized carbons (Fsp3) is 0.263. The lowest BCUT2D eigenvalue weighted by Crippen LogP contribution is -2.32. The Labute approximate surface area is 155 Å². The molecular weight excluding hydrogens is 356 g/mol. The average Bonchev–Trinajstić information content (AvgIpc) is 3.25. The van der Waals surface area contributed by atoms with Crippen LogP contribution in [0.4, 0.5) is 5.69 Å². The number of rotatable bonds is 4. The van der Waals surface area contributed by atoms with Crippen LogP contribution in [0.15, 0.2) is 42.5 Å². The average molecular weight is 373 g/mol. The van der Waals surface area contributed by atoms with E-state index < -0.39 is 0 Å². The molecule has 1 N–H and O–H groups in total. The lowest BCUT2D eigenvalue weighted by atomic mass is 10.1. The van der Waals surface area contributed by atoms with E-state index >= 15 is 0 Å². The molecule has 4 rings (SSSR count).